The van der Waals surface area contributed by atoms with Gasteiger partial charge < -0.3 is 14.4 Å². The first-order valence-electron chi connectivity index (χ1n) is 12.6. The van der Waals surface area contributed by atoms with Crippen LogP contribution < -0.4 is 14.9 Å². The molecule has 1 fully saturated rings. The summed E-state index contributed by atoms with van der Waals surface area (Å²) in [7, 11) is 2.15. The number of fused-ring (bicyclic) bond motifs is 1. The molecule has 1 aromatic heterocycles. The smallest absolute Gasteiger partial charge is 0.227 e. The van der Waals surface area contributed by atoms with Crippen molar-refractivity contribution in [3.8, 4) is 11.6 Å². The zero-order chi connectivity index (χ0) is 25.5. The van der Waals surface area contributed by atoms with E-state index in [1.807, 2.05) is 29.8 Å². The van der Waals surface area contributed by atoms with Crippen LogP contribution in [0, 0.1) is 6.92 Å². The summed E-state index contributed by atoms with van der Waals surface area (Å²) in [5, 5.41) is 6.02. The highest BCUT2D eigenvalue weighted by Crippen LogP contribution is 2.58. The second-order valence-corrected chi connectivity index (χ2v) is 14.0. The molecule has 0 bridgehead atoms. The number of hydrogen-bond acceptors (Lipinski definition) is 5. The van der Waals surface area contributed by atoms with Crippen molar-refractivity contribution in [2.45, 2.75) is 33.1 Å². The first-order chi connectivity index (χ1) is 17.3. The number of aryl methyl sites for hydroxylation is 1. The third kappa shape index (κ3) is 4.12. The average molecular weight is 523 g/mol. The molecule has 2 aliphatic rings. The maximum atomic E-state index is 6.79. The lowest BCUT2D eigenvalue weighted by atomic mass is 9.84. The van der Waals surface area contributed by atoms with E-state index in [1.54, 1.807) is 0 Å². The Bertz CT molecular complexity index is 1330. The summed E-state index contributed by atoms with van der Waals surface area (Å²) in [6.07, 6.45) is -2.47. The Morgan fingerprint density at radius 1 is 1.08 bits per heavy atom. The molecule has 3 aromatic rings. The van der Waals surface area contributed by atoms with Crippen LogP contribution in [0.25, 0.3) is 5.69 Å². The molecule has 0 radical (unpaired) electrons. The van der Waals surface area contributed by atoms with E-state index in [0.717, 1.165) is 35.7 Å². The molecule has 2 aliphatic heterocycles. The van der Waals surface area contributed by atoms with Crippen molar-refractivity contribution in [1.82, 2.24) is 14.5 Å². The van der Waals surface area contributed by atoms with Gasteiger partial charge in [-0.25, -0.2) is 4.68 Å². The van der Waals surface area contributed by atoms with E-state index in [0.29, 0.717) is 19.8 Å². The third-order valence-corrected chi connectivity index (χ3v) is 11.8. The van der Waals surface area contributed by atoms with Gasteiger partial charge in [0.1, 0.15) is 0 Å². The molecule has 1 atom stereocenters. The quantitative estimate of drug-likeness (QED) is 0.415. The van der Waals surface area contributed by atoms with Gasteiger partial charge in [0.15, 0.2) is 0 Å². The van der Waals surface area contributed by atoms with Crippen LogP contribution in [0.15, 0.2) is 66.1 Å². The van der Waals surface area contributed by atoms with Crippen LogP contribution in [-0.4, -0.2) is 54.4 Å². The Labute approximate surface area is 219 Å². The van der Waals surface area contributed by atoms with Gasteiger partial charge in [0.2, 0.25) is 5.88 Å². The Morgan fingerprint density at radius 3 is 2.42 bits per heavy atom. The summed E-state index contributed by atoms with van der Waals surface area (Å²) in [5.41, 5.74) is 5.51. The summed E-state index contributed by atoms with van der Waals surface area (Å²) < 4.78 is 16.5. The number of morpholine rings is 1. The van der Waals surface area contributed by atoms with Gasteiger partial charge in [0.25, 0.3) is 0 Å². The summed E-state index contributed by atoms with van der Waals surface area (Å²) in [6.45, 7) is 12.1. The lowest BCUT2D eigenvalue weighted by Crippen LogP contribution is -2.37. The lowest BCUT2D eigenvalue weighted by Gasteiger charge is -2.38. The molecule has 0 aliphatic carbocycles. The van der Waals surface area contributed by atoms with Gasteiger partial charge in [-0.1, -0.05) is 62.1 Å². The molecule has 6 nitrogen and oxygen atoms in total. The Hall–Kier alpha value is -2.44. The topological polar surface area (TPSA) is 42.8 Å². The van der Waals surface area contributed by atoms with Gasteiger partial charge in [-0.3, -0.25) is 4.67 Å². The number of ether oxygens (including phenoxy) is 2. The summed E-state index contributed by atoms with van der Waals surface area (Å²) >= 11 is 6.79. The van der Waals surface area contributed by atoms with Crippen LogP contribution in [0.4, 0.5) is 5.69 Å². The van der Waals surface area contributed by atoms with Crippen molar-refractivity contribution >= 4 is 29.0 Å². The summed E-state index contributed by atoms with van der Waals surface area (Å²) in [5.74, 6) is 3.14. The second-order valence-electron chi connectivity index (χ2n) is 9.82. The molecule has 0 spiro atoms. The van der Waals surface area contributed by atoms with Gasteiger partial charge in [-0.2, -0.15) is 5.10 Å². The molecule has 190 valence electrons. The highest BCUT2D eigenvalue weighted by Gasteiger charge is 2.42. The number of hydrogen-bond donors (Lipinski definition) is 0. The standard InChI is InChI=1S/C28H35N4O2PS/c1-6-34-27-26(21(2)29-32(27)22-12-8-7-9-13-22)35(36,31-16-18-33-19-17-31)20-25-28(3,4)23-14-10-11-15-24(23)30(25)5/h7-15,20H,6,16-19H2,1-5H3. The van der Waals surface area contributed by atoms with E-state index < -0.39 is 6.19 Å². The predicted molar refractivity (Wildman–Crippen MR) is 152 cm³/mol. The molecule has 2 aromatic carbocycles. The van der Waals surface area contributed by atoms with Gasteiger partial charge >= 0.3 is 0 Å². The molecule has 8 heteroatoms. The maximum Gasteiger partial charge on any atom is 0.227 e. The van der Waals surface area contributed by atoms with Crippen molar-refractivity contribution in [2.75, 3.05) is 44.9 Å². The number of rotatable bonds is 6. The highest BCUT2D eigenvalue weighted by atomic mass is 32.4. The minimum Gasteiger partial charge on any atom is -0.477 e. The number of allylic oxidation sites excluding steroid dienone is 1. The predicted octanol–water partition coefficient (Wildman–Crippen LogP) is 5.20. The minimum absolute atomic E-state index is 0.170. The fourth-order valence-corrected chi connectivity index (χ4v) is 9.93. The largest absolute Gasteiger partial charge is 0.477 e. The third-order valence-electron chi connectivity index (χ3n) is 7.24. The van der Waals surface area contributed by atoms with Crippen molar-refractivity contribution in [3.63, 3.8) is 0 Å². The summed E-state index contributed by atoms with van der Waals surface area (Å²) in [4.78, 5) is 2.31. The van der Waals surface area contributed by atoms with Gasteiger partial charge in [-0.15, -0.1) is 0 Å². The maximum absolute atomic E-state index is 6.79. The van der Waals surface area contributed by atoms with E-state index in [2.05, 4.69) is 79.6 Å². The molecule has 0 saturated carbocycles. The molecule has 0 amide bonds. The second kappa shape index (κ2) is 9.79. The number of benzene rings is 2. The normalized spacial score (nSPS) is 20.4. The van der Waals surface area contributed by atoms with E-state index in [-0.39, 0.29) is 5.41 Å². The Morgan fingerprint density at radius 2 is 1.75 bits per heavy atom. The zero-order valence-corrected chi connectivity index (χ0v) is 23.5. The SMILES string of the molecule is CCOc1c(P(=S)(C=C2N(C)c3ccccc3C2(C)C)N2CCOCC2)c(C)nn1-c1ccccc1. The number of anilines is 1. The van der Waals surface area contributed by atoms with E-state index in [9.17, 15) is 0 Å². The molecule has 3 heterocycles. The van der Waals surface area contributed by atoms with Crippen molar-refractivity contribution in [2.24, 2.45) is 0 Å². The highest BCUT2D eigenvalue weighted by molar-refractivity contribution is 8.18. The molecule has 36 heavy (non-hydrogen) atoms. The first-order valence-corrected chi connectivity index (χ1v) is 15.4. The van der Waals surface area contributed by atoms with Crippen LogP contribution in [0.3, 0.4) is 0 Å². The first kappa shape index (κ1) is 25.2. The molecule has 5 rings (SSSR count). The molecular weight excluding hydrogens is 487 g/mol. The monoisotopic (exact) mass is 522 g/mol. The van der Waals surface area contributed by atoms with Crippen LogP contribution >= 0.6 is 6.19 Å². The van der Waals surface area contributed by atoms with Gasteiger partial charge in [0.05, 0.1) is 42.7 Å². The van der Waals surface area contributed by atoms with Crippen molar-refractivity contribution < 1.29 is 9.47 Å². The number of para-hydroxylation sites is 2. The van der Waals surface area contributed by atoms with Crippen LogP contribution in [0.2, 0.25) is 0 Å². The number of nitrogens with zero attached hydrogens (tertiary/aromatic N) is 4. The van der Waals surface area contributed by atoms with Crippen LogP contribution in [0.1, 0.15) is 32.0 Å². The van der Waals surface area contributed by atoms with Crippen LogP contribution in [-0.2, 0) is 22.0 Å². The van der Waals surface area contributed by atoms with Crippen LogP contribution in [0.5, 0.6) is 5.88 Å². The summed E-state index contributed by atoms with van der Waals surface area (Å²) in [6, 6.07) is 18.8. The minimum atomic E-state index is -2.47. The average Bonchev–Trinajstić information content (AvgIpc) is 3.32. The van der Waals surface area contributed by atoms with Crippen molar-refractivity contribution in [3.05, 3.63) is 77.4 Å². The van der Waals surface area contributed by atoms with E-state index in [4.69, 9.17) is 26.4 Å². The molecular formula is C28H35N4O2PS. The van der Waals surface area contributed by atoms with Gasteiger partial charge in [-0.05, 0) is 43.4 Å². The molecule has 1 unspecified atom stereocenters. The number of likely N-dealkylation sites (N-methyl/N-ethyl adjacent to an activating group) is 1. The zero-order valence-electron chi connectivity index (χ0n) is 21.8. The van der Waals surface area contributed by atoms with Gasteiger partial charge in [0, 0.05) is 36.9 Å². The van der Waals surface area contributed by atoms with E-state index >= 15 is 0 Å². The fourth-order valence-electron chi connectivity index (χ4n) is 5.41. The van der Waals surface area contributed by atoms with E-state index in [1.165, 1.54) is 16.9 Å². The lowest BCUT2D eigenvalue weighted by molar-refractivity contribution is 0.0753. The Kier molecular flexibility index (Phi) is 6.86. The number of aromatic nitrogens is 2. The fraction of sp³-hybridized carbons (Fsp3) is 0.393. The van der Waals surface area contributed by atoms with Crippen molar-refractivity contribution in [1.29, 1.82) is 0 Å². The molecule has 1 saturated heterocycles. The Balaban J connectivity index is 1.74. The molecule has 0 N–H and O–H groups in total.